The van der Waals surface area contributed by atoms with Gasteiger partial charge in [0.2, 0.25) is 0 Å². The van der Waals surface area contributed by atoms with E-state index in [0.29, 0.717) is 5.56 Å². The van der Waals surface area contributed by atoms with E-state index in [1.807, 2.05) is 18.2 Å². The number of benzene rings is 3. The lowest BCUT2D eigenvalue weighted by molar-refractivity contribution is 0.112. The molecule has 0 fully saturated rings. The Morgan fingerprint density at radius 2 is 1.50 bits per heavy atom. The monoisotopic (exact) mass is 344 g/mol. The van der Waals surface area contributed by atoms with E-state index in [4.69, 9.17) is 4.74 Å². The van der Waals surface area contributed by atoms with Crippen LogP contribution in [0.2, 0.25) is 0 Å². The Morgan fingerprint density at radius 1 is 0.846 bits per heavy atom. The molecule has 0 N–H and O–H groups in total. The van der Waals surface area contributed by atoms with Crippen LogP contribution in [0, 0.1) is 13.8 Å². The van der Waals surface area contributed by atoms with Crippen LogP contribution in [0.25, 0.3) is 11.1 Å². The minimum atomic E-state index is 0.660. The third-order valence-corrected chi connectivity index (χ3v) is 4.77. The van der Waals surface area contributed by atoms with E-state index >= 15 is 0 Å². The van der Waals surface area contributed by atoms with Gasteiger partial charge in [0.1, 0.15) is 12.0 Å². The highest BCUT2D eigenvalue weighted by atomic mass is 16.5. The second-order valence-corrected chi connectivity index (χ2v) is 6.67. The number of ether oxygens (including phenoxy) is 1. The number of carbonyl (C=O) groups excluding carboxylic acids is 1. The number of aryl methyl sites for hydroxylation is 4. The molecule has 0 unspecified atom stereocenters. The predicted octanol–water partition coefficient (Wildman–Crippen LogP) is 5.58. The van der Waals surface area contributed by atoms with E-state index in [2.05, 4.69) is 50.2 Å². The highest BCUT2D eigenvalue weighted by Crippen LogP contribution is 2.36. The highest BCUT2D eigenvalue weighted by molar-refractivity contribution is 5.83. The van der Waals surface area contributed by atoms with Crippen LogP contribution in [0.15, 0.2) is 60.7 Å². The van der Waals surface area contributed by atoms with Crippen molar-refractivity contribution in [2.24, 2.45) is 0 Å². The summed E-state index contributed by atoms with van der Waals surface area (Å²) in [5, 5.41) is 0. The average molecular weight is 344 g/mol. The van der Waals surface area contributed by atoms with E-state index in [-0.39, 0.29) is 0 Å². The number of hydrogen-bond acceptors (Lipinski definition) is 2. The molecule has 0 aliphatic heterocycles. The maximum atomic E-state index is 11.2. The molecule has 0 heterocycles. The lowest BCUT2D eigenvalue weighted by Crippen LogP contribution is -1.98. The Bertz CT molecular complexity index is 888. The van der Waals surface area contributed by atoms with Crippen molar-refractivity contribution in [3.8, 4) is 16.9 Å². The first-order chi connectivity index (χ1) is 12.6. The third-order valence-electron chi connectivity index (χ3n) is 4.77. The lowest BCUT2D eigenvalue weighted by atomic mass is 9.90. The molecule has 3 rings (SSSR count). The lowest BCUT2D eigenvalue weighted by Gasteiger charge is -2.16. The molecule has 0 aliphatic carbocycles. The Morgan fingerprint density at radius 3 is 2.12 bits per heavy atom. The molecule has 0 radical (unpaired) electrons. The highest BCUT2D eigenvalue weighted by Gasteiger charge is 2.13. The number of hydrogen-bond donors (Lipinski definition) is 0. The topological polar surface area (TPSA) is 26.3 Å². The minimum absolute atomic E-state index is 0.660. The van der Waals surface area contributed by atoms with Gasteiger partial charge < -0.3 is 4.74 Å². The Balaban J connectivity index is 1.94. The maximum absolute atomic E-state index is 11.2. The first-order valence-corrected chi connectivity index (χ1v) is 8.90. The summed E-state index contributed by atoms with van der Waals surface area (Å²) in [6.45, 7) is 4.25. The van der Waals surface area contributed by atoms with Gasteiger partial charge in [-0.1, -0.05) is 42.5 Å². The van der Waals surface area contributed by atoms with Gasteiger partial charge in [-0.3, -0.25) is 4.79 Å². The fourth-order valence-electron chi connectivity index (χ4n) is 3.55. The molecular weight excluding hydrogens is 320 g/mol. The van der Waals surface area contributed by atoms with Crippen molar-refractivity contribution in [1.29, 1.82) is 0 Å². The zero-order valence-corrected chi connectivity index (χ0v) is 15.6. The molecule has 0 amide bonds. The molecule has 0 bridgehead atoms. The van der Waals surface area contributed by atoms with Crippen molar-refractivity contribution in [3.05, 3.63) is 88.5 Å². The molecule has 2 nitrogen and oxygen atoms in total. The largest absolute Gasteiger partial charge is 0.496 e. The Labute approximate surface area is 155 Å². The van der Waals surface area contributed by atoms with Gasteiger partial charge in [0.15, 0.2) is 0 Å². The second-order valence-electron chi connectivity index (χ2n) is 6.67. The summed E-state index contributed by atoms with van der Waals surface area (Å²) in [6.07, 6.45) is 2.92. The molecule has 0 aliphatic rings. The van der Waals surface area contributed by atoms with Crippen LogP contribution < -0.4 is 4.74 Å². The number of rotatable bonds is 6. The zero-order valence-electron chi connectivity index (χ0n) is 15.6. The smallest absolute Gasteiger partial charge is 0.150 e. The fourth-order valence-corrected chi connectivity index (χ4v) is 3.55. The van der Waals surface area contributed by atoms with Crippen molar-refractivity contribution in [3.63, 3.8) is 0 Å². The molecule has 0 aromatic heterocycles. The summed E-state index contributed by atoms with van der Waals surface area (Å²) < 4.78 is 5.53. The van der Waals surface area contributed by atoms with Crippen LogP contribution in [0.1, 0.15) is 32.6 Å². The minimum Gasteiger partial charge on any atom is -0.496 e. The molecule has 3 aromatic carbocycles. The van der Waals surface area contributed by atoms with Crippen LogP contribution in [-0.2, 0) is 12.8 Å². The van der Waals surface area contributed by atoms with E-state index < -0.39 is 0 Å². The summed E-state index contributed by atoms with van der Waals surface area (Å²) in [4.78, 5) is 11.2. The quantitative estimate of drug-likeness (QED) is 0.546. The van der Waals surface area contributed by atoms with Crippen LogP contribution in [0.5, 0.6) is 5.75 Å². The van der Waals surface area contributed by atoms with E-state index in [1.165, 1.54) is 22.3 Å². The normalized spacial score (nSPS) is 10.6. The van der Waals surface area contributed by atoms with Gasteiger partial charge in [-0.25, -0.2) is 0 Å². The molecule has 0 saturated carbocycles. The van der Waals surface area contributed by atoms with Crippen LogP contribution in [0.3, 0.4) is 0 Å². The van der Waals surface area contributed by atoms with E-state index in [0.717, 1.165) is 36.0 Å². The third kappa shape index (κ3) is 3.85. The van der Waals surface area contributed by atoms with E-state index in [1.54, 1.807) is 13.2 Å². The average Bonchev–Trinajstić information content (AvgIpc) is 2.66. The first kappa shape index (κ1) is 17.9. The van der Waals surface area contributed by atoms with Crippen molar-refractivity contribution in [2.45, 2.75) is 26.7 Å². The van der Waals surface area contributed by atoms with Crippen LogP contribution >= 0.6 is 0 Å². The summed E-state index contributed by atoms with van der Waals surface area (Å²) in [7, 11) is 1.66. The Hall–Kier alpha value is -2.87. The second kappa shape index (κ2) is 8.01. The standard InChI is InChI=1S/C24H24O2/c1-17-13-20(10-9-19-7-5-4-6-8-19)14-18(2)24(17)22-15-21(16-25)11-12-23(22)26-3/h4-8,11-16H,9-10H2,1-3H3. The van der Waals surface area contributed by atoms with Gasteiger partial charge in [-0.2, -0.15) is 0 Å². The SMILES string of the molecule is COc1ccc(C=O)cc1-c1c(C)cc(CCc2ccccc2)cc1C. The summed E-state index contributed by atoms with van der Waals surface area (Å²) >= 11 is 0. The van der Waals surface area contributed by atoms with Gasteiger partial charge in [0.05, 0.1) is 7.11 Å². The van der Waals surface area contributed by atoms with Crippen molar-refractivity contribution >= 4 is 6.29 Å². The molecule has 132 valence electrons. The number of methoxy groups -OCH3 is 1. The van der Waals surface area contributed by atoms with Gasteiger partial charge in [-0.05, 0) is 72.7 Å². The molecule has 26 heavy (non-hydrogen) atoms. The molecule has 3 aromatic rings. The molecular formula is C24H24O2. The molecule has 0 spiro atoms. The zero-order chi connectivity index (χ0) is 18.5. The summed E-state index contributed by atoms with van der Waals surface area (Å²) in [5.41, 5.74) is 7.87. The fraction of sp³-hybridized carbons (Fsp3) is 0.208. The predicted molar refractivity (Wildman–Crippen MR) is 107 cm³/mol. The van der Waals surface area contributed by atoms with Crippen molar-refractivity contribution in [1.82, 2.24) is 0 Å². The van der Waals surface area contributed by atoms with Crippen molar-refractivity contribution in [2.75, 3.05) is 7.11 Å². The van der Waals surface area contributed by atoms with Gasteiger partial charge in [0.25, 0.3) is 0 Å². The molecule has 0 saturated heterocycles. The summed E-state index contributed by atoms with van der Waals surface area (Å²) in [6, 6.07) is 20.6. The maximum Gasteiger partial charge on any atom is 0.150 e. The molecule has 2 heteroatoms. The number of aldehydes is 1. The van der Waals surface area contributed by atoms with Crippen LogP contribution in [-0.4, -0.2) is 13.4 Å². The van der Waals surface area contributed by atoms with Gasteiger partial charge >= 0.3 is 0 Å². The van der Waals surface area contributed by atoms with Crippen LogP contribution in [0.4, 0.5) is 0 Å². The van der Waals surface area contributed by atoms with E-state index in [9.17, 15) is 4.79 Å². The molecule has 0 atom stereocenters. The Kier molecular flexibility index (Phi) is 5.52. The number of carbonyl (C=O) groups is 1. The summed E-state index contributed by atoms with van der Waals surface area (Å²) in [5.74, 6) is 0.791. The van der Waals surface area contributed by atoms with Crippen molar-refractivity contribution < 1.29 is 9.53 Å². The van der Waals surface area contributed by atoms with Gasteiger partial charge in [0, 0.05) is 11.1 Å². The first-order valence-electron chi connectivity index (χ1n) is 8.90. The van der Waals surface area contributed by atoms with Gasteiger partial charge in [-0.15, -0.1) is 0 Å².